The quantitative estimate of drug-likeness (QED) is 0.554. The van der Waals surface area contributed by atoms with Crippen LogP contribution in [0.15, 0.2) is 27.8 Å². The van der Waals surface area contributed by atoms with Crippen LogP contribution in [0.5, 0.6) is 0 Å². The van der Waals surface area contributed by atoms with Gasteiger partial charge in [0.15, 0.2) is 5.79 Å². The van der Waals surface area contributed by atoms with Crippen LogP contribution in [0.25, 0.3) is 5.69 Å². The van der Waals surface area contributed by atoms with E-state index in [4.69, 9.17) is 9.47 Å². The molecule has 28 heavy (non-hydrogen) atoms. The molecular weight excluding hydrogens is 422 g/mol. The minimum Gasteiger partial charge on any atom is -0.347 e. The van der Waals surface area contributed by atoms with Crippen molar-refractivity contribution in [3.05, 3.63) is 50.8 Å². The highest BCUT2D eigenvalue weighted by atomic mass is 79.9. The maximum absolute atomic E-state index is 12.1. The molecule has 0 saturated carbocycles. The number of aromatic nitrogens is 1. The first-order valence-electron chi connectivity index (χ1n) is 9.27. The van der Waals surface area contributed by atoms with Crippen LogP contribution < -0.4 is 5.43 Å². The number of hydrazone groups is 1. The van der Waals surface area contributed by atoms with E-state index in [1.54, 1.807) is 13.1 Å². The lowest BCUT2D eigenvalue weighted by Gasteiger charge is -2.20. The number of carbonyl (C=O) groups excluding carboxylic acids is 1. The molecule has 1 aromatic heterocycles. The first-order valence-corrected chi connectivity index (χ1v) is 10.1. The first-order chi connectivity index (χ1) is 13.2. The van der Waals surface area contributed by atoms with Gasteiger partial charge in [0.2, 0.25) is 5.91 Å². The van der Waals surface area contributed by atoms with E-state index >= 15 is 0 Å². The Hall–Kier alpha value is -1.96. The third-order valence-electron chi connectivity index (χ3n) is 4.97. The van der Waals surface area contributed by atoms with Crippen LogP contribution in [-0.4, -0.2) is 35.7 Å². The van der Waals surface area contributed by atoms with Gasteiger partial charge in [-0.05, 0) is 62.2 Å². The highest BCUT2D eigenvalue weighted by Gasteiger charge is 2.33. The molecule has 2 heterocycles. The molecule has 1 amide bonds. The predicted molar refractivity (Wildman–Crippen MR) is 113 cm³/mol. The van der Waals surface area contributed by atoms with Gasteiger partial charge < -0.3 is 14.0 Å². The van der Waals surface area contributed by atoms with Gasteiger partial charge in [-0.3, -0.25) is 4.79 Å². The molecule has 1 aliphatic rings. The first kappa shape index (κ1) is 20.8. The van der Waals surface area contributed by atoms with E-state index in [2.05, 4.69) is 70.0 Å². The lowest BCUT2D eigenvalue weighted by atomic mass is 10.1. The summed E-state index contributed by atoms with van der Waals surface area (Å²) in [4.78, 5) is 12.1. The second-order valence-electron chi connectivity index (χ2n) is 7.32. The smallest absolute Gasteiger partial charge is 0.245 e. The molecule has 0 unspecified atom stereocenters. The summed E-state index contributed by atoms with van der Waals surface area (Å²) in [6.07, 6.45) is 1.77. The SMILES string of the molecule is Cc1ccc(-n2c(C)c(Br)c(/C=N\NC(=O)CC3(C)OCCO3)c2C)c(C)c1. The summed E-state index contributed by atoms with van der Waals surface area (Å²) < 4.78 is 14.1. The van der Waals surface area contributed by atoms with Crippen LogP contribution >= 0.6 is 15.9 Å². The van der Waals surface area contributed by atoms with E-state index in [1.807, 2.05) is 6.92 Å². The molecule has 1 aromatic carbocycles. The summed E-state index contributed by atoms with van der Waals surface area (Å²) in [5.41, 5.74) is 9.19. The van der Waals surface area contributed by atoms with E-state index in [1.165, 1.54) is 11.1 Å². The molecule has 7 heteroatoms. The molecular formula is C21H26BrN3O3. The normalized spacial score (nSPS) is 16.1. The Kier molecular flexibility index (Phi) is 6.07. The van der Waals surface area contributed by atoms with Crippen molar-refractivity contribution < 1.29 is 14.3 Å². The molecule has 6 nitrogen and oxygen atoms in total. The largest absolute Gasteiger partial charge is 0.347 e. The lowest BCUT2D eigenvalue weighted by Crippen LogP contribution is -2.33. The molecule has 0 aliphatic carbocycles. The summed E-state index contributed by atoms with van der Waals surface area (Å²) in [5.74, 6) is -1.11. The van der Waals surface area contributed by atoms with E-state index in [0.717, 1.165) is 27.1 Å². The number of ether oxygens (including phenoxy) is 2. The van der Waals surface area contributed by atoms with Gasteiger partial charge in [-0.15, -0.1) is 0 Å². The van der Waals surface area contributed by atoms with Gasteiger partial charge in [0.05, 0.1) is 25.8 Å². The Morgan fingerprint density at radius 1 is 1.25 bits per heavy atom. The highest BCUT2D eigenvalue weighted by Crippen LogP contribution is 2.31. The predicted octanol–water partition coefficient (Wildman–Crippen LogP) is 4.08. The zero-order valence-electron chi connectivity index (χ0n) is 16.9. The monoisotopic (exact) mass is 447 g/mol. The number of halogens is 1. The topological polar surface area (TPSA) is 64.9 Å². The van der Waals surface area contributed by atoms with Crippen LogP contribution in [0.4, 0.5) is 0 Å². The van der Waals surface area contributed by atoms with Gasteiger partial charge in [0.25, 0.3) is 0 Å². The Morgan fingerprint density at radius 3 is 2.57 bits per heavy atom. The third kappa shape index (κ3) is 4.21. The molecule has 1 aliphatic heterocycles. The fourth-order valence-corrected chi connectivity index (χ4v) is 4.12. The number of nitrogens with zero attached hydrogens (tertiary/aromatic N) is 2. The summed E-state index contributed by atoms with van der Waals surface area (Å²) in [6.45, 7) is 11.1. The van der Waals surface area contributed by atoms with Crippen molar-refractivity contribution in [2.45, 2.75) is 46.8 Å². The Morgan fingerprint density at radius 2 is 1.93 bits per heavy atom. The van der Waals surface area contributed by atoms with Crippen LogP contribution in [0.1, 0.15) is 41.4 Å². The van der Waals surface area contributed by atoms with E-state index in [0.29, 0.717) is 13.2 Å². The van der Waals surface area contributed by atoms with Gasteiger partial charge in [0.1, 0.15) is 0 Å². The van der Waals surface area contributed by atoms with Gasteiger partial charge in [-0.1, -0.05) is 17.7 Å². The van der Waals surface area contributed by atoms with Crippen molar-refractivity contribution in [1.29, 1.82) is 0 Å². The number of nitrogens with one attached hydrogen (secondary N) is 1. The minimum absolute atomic E-state index is 0.104. The van der Waals surface area contributed by atoms with Crippen LogP contribution in [0.2, 0.25) is 0 Å². The average Bonchev–Trinajstić information content (AvgIpc) is 3.13. The lowest BCUT2D eigenvalue weighted by molar-refractivity contribution is -0.159. The summed E-state index contributed by atoms with van der Waals surface area (Å²) in [5, 5.41) is 4.14. The van der Waals surface area contributed by atoms with Gasteiger partial charge in [-0.25, -0.2) is 5.43 Å². The molecule has 1 N–H and O–H groups in total. The second-order valence-corrected chi connectivity index (χ2v) is 8.12. The number of aryl methyl sites for hydroxylation is 2. The number of amides is 1. The average molecular weight is 448 g/mol. The second kappa shape index (κ2) is 8.19. The fourth-order valence-electron chi connectivity index (χ4n) is 3.55. The molecule has 0 bridgehead atoms. The maximum Gasteiger partial charge on any atom is 0.245 e. The number of carbonyl (C=O) groups is 1. The number of benzene rings is 1. The van der Waals surface area contributed by atoms with Crippen LogP contribution in [-0.2, 0) is 14.3 Å². The van der Waals surface area contributed by atoms with Crippen LogP contribution in [0.3, 0.4) is 0 Å². The van der Waals surface area contributed by atoms with Crippen molar-refractivity contribution in [3.8, 4) is 5.69 Å². The Labute approximate surface area is 174 Å². The van der Waals surface area contributed by atoms with E-state index < -0.39 is 5.79 Å². The van der Waals surface area contributed by atoms with E-state index in [9.17, 15) is 4.79 Å². The minimum atomic E-state index is -0.862. The molecule has 2 aromatic rings. The zero-order valence-corrected chi connectivity index (χ0v) is 18.5. The molecule has 1 fully saturated rings. The van der Waals surface area contributed by atoms with Crippen molar-refractivity contribution in [3.63, 3.8) is 0 Å². The number of hydrogen-bond donors (Lipinski definition) is 1. The standard InChI is InChI=1S/C21H26BrN3O3/c1-13-6-7-18(14(2)10-13)25-15(3)17(20(22)16(25)4)12-23-24-19(26)11-21(5)27-8-9-28-21/h6-7,10,12H,8-9,11H2,1-5H3,(H,24,26)/b23-12-. The maximum atomic E-state index is 12.1. The molecule has 0 spiro atoms. The van der Waals surface area contributed by atoms with Gasteiger partial charge >= 0.3 is 0 Å². The summed E-state index contributed by atoms with van der Waals surface area (Å²) in [6, 6.07) is 6.41. The summed E-state index contributed by atoms with van der Waals surface area (Å²) in [7, 11) is 0. The number of rotatable bonds is 5. The molecule has 0 radical (unpaired) electrons. The summed E-state index contributed by atoms with van der Waals surface area (Å²) >= 11 is 3.67. The van der Waals surface area contributed by atoms with Crippen LogP contribution in [0, 0.1) is 27.7 Å². The Balaban J connectivity index is 1.79. The number of hydrogen-bond acceptors (Lipinski definition) is 4. The van der Waals surface area contributed by atoms with Gasteiger partial charge in [-0.2, -0.15) is 5.10 Å². The highest BCUT2D eigenvalue weighted by molar-refractivity contribution is 9.10. The Bertz CT molecular complexity index is 927. The van der Waals surface area contributed by atoms with Crippen molar-refractivity contribution in [2.75, 3.05) is 13.2 Å². The molecule has 1 saturated heterocycles. The van der Waals surface area contributed by atoms with Crippen molar-refractivity contribution in [2.24, 2.45) is 5.10 Å². The third-order valence-corrected chi connectivity index (χ3v) is 5.97. The van der Waals surface area contributed by atoms with Crippen molar-refractivity contribution in [1.82, 2.24) is 9.99 Å². The van der Waals surface area contributed by atoms with E-state index in [-0.39, 0.29) is 12.3 Å². The van der Waals surface area contributed by atoms with Gasteiger partial charge in [0, 0.05) is 27.1 Å². The molecule has 0 atom stereocenters. The molecule has 3 rings (SSSR count). The fraction of sp³-hybridized carbons (Fsp3) is 0.429. The van der Waals surface area contributed by atoms with Crippen molar-refractivity contribution >= 4 is 28.1 Å². The zero-order chi connectivity index (χ0) is 20.5. The molecule has 150 valence electrons.